The zero-order valence-electron chi connectivity index (χ0n) is 16.5. The molecule has 0 bridgehead atoms. The molecular formula is C20H33N3O2S. The van der Waals surface area contributed by atoms with Gasteiger partial charge in [0.25, 0.3) is 0 Å². The zero-order valence-corrected chi connectivity index (χ0v) is 17.3. The number of nitrogens with one attached hydrogen (secondary N) is 1. The Kier molecular flexibility index (Phi) is 7.09. The van der Waals surface area contributed by atoms with Crippen molar-refractivity contribution in [1.29, 1.82) is 0 Å². The smallest absolute Gasteiger partial charge is 0.193 e. The molecule has 26 heavy (non-hydrogen) atoms. The van der Waals surface area contributed by atoms with E-state index < -0.39 is 14.6 Å². The molecule has 1 aromatic rings. The van der Waals surface area contributed by atoms with Crippen molar-refractivity contribution >= 4 is 15.8 Å². The van der Waals surface area contributed by atoms with Gasteiger partial charge in [0, 0.05) is 26.7 Å². The van der Waals surface area contributed by atoms with Crippen LogP contribution in [0.5, 0.6) is 0 Å². The summed E-state index contributed by atoms with van der Waals surface area (Å²) in [4.78, 5) is 6.58. The average Bonchev–Trinajstić information content (AvgIpc) is 2.59. The lowest BCUT2D eigenvalue weighted by atomic mass is 9.90. The fourth-order valence-electron chi connectivity index (χ4n) is 3.23. The largest absolute Gasteiger partial charge is 0.355 e. The second-order valence-corrected chi connectivity index (χ2v) is 10.9. The predicted octanol–water partition coefficient (Wildman–Crippen LogP) is 2.73. The molecule has 0 aromatic heterocycles. The molecule has 1 aliphatic heterocycles. The highest BCUT2D eigenvalue weighted by molar-refractivity contribution is 7.92. The van der Waals surface area contributed by atoms with Crippen molar-refractivity contribution in [1.82, 2.24) is 10.2 Å². The number of nitrogens with zero attached hydrogens (tertiary/aromatic N) is 2. The van der Waals surface area contributed by atoms with Gasteiger partial charge in [0.15, 0.2) is 15.8 Å². The maximum atomic E-state index is 12.2. The highest BCUT2D eigenvalue weighted by atomic mass is 32.2. The molecule has 1 fully saturated rings. The van der Waals surface area contributed by atoms with Crippen molar-refractivity contribution in [2.24, 2.45) is 10.9 Å². The van der Waals surface area contributed by atoms with Crippen molar-refractivity contribution in [3.05, 3.63) is 35.9 Å². The summed E-state index contributed by atoms with van der Waals surface area (Å²) in [5.41, 5.74) is 1.40. The Morgan fingerprint density at radius 1 is 1.19 bits per heavy atom. The van der Waals surface area contributed by atoms with Crippen LogP contribution in [0.15, 0.2) is 35.3 Å². The number of benzene rings is 1. The van der Waals surface area contributed by atoms with Crippen LogP contribution in [0, 0.1) is 5.92 Å². The number of hydrogen-bond acceptors (Lipinski definition) is 3. The van der Waals surface area contributed by atoms with Gasteiger partial charge in [-0.1, -0.05) is 30.3 Å². The van der Waals surface area contributed by atoms with Gasteiger partial charge in [-0.25, -0.2) is 8.42 Å². The lowest BCUT2D eigenvalue weighted by Crippen LogP contribution is -2.47. The van der Waals surface area contributed by atoms with Crippen LogP contribution in [0.4, 0.5) is 0 Å². The lowest BCUT2D eigenvalue weighted by molar-refractivity contribution is 0.259. The Labute approximate surface area is 158 Å². The summed E-state index contributed by atoms with van der Waals surface area (Å²) in [5.74, 6) is 1.64. The molecule has 0 aliphatic carbocycles. The molecule has 0 saturated carbocycles. The van der Waals surface area contributed by atoms with E-state index >= 15 is 0 Å². The Bertz CT molecular complexity index is 686. The van der Waals surface area contributed by atoms with Crippen LogP contribution in [0.1, 0.15) is 39.2 Å². The molecule has 0 spiro atoms. The molecular weight excluding hydrogens is 346 g/mol. The van der Waals surface area contributed by atoms with E-state index in [1.54, 1.807) is 27.8 Å². The molecule has 0 amide bonds. The molecule has 146 valence electrons. The molecule has 5 nitrogen and oxygen atoms in total. The monoisotopic (exact) mass is 379 g/mol. The first-order valence-electron chi connectivity index (χ1n) is 9.45. The summed E-state index contributed by atoms with van der Waals surface area (Å²) in [5, 5.41) is 3.23. The first-order valence-corrected chi connectivity index (χ1v) is 11.1. The van der Waals surface area contributed by atoms with Gasteiger partial charge in [0.2, 0.25) is 0 Å². The van der Waals surface area contributed by atoms with Crippen molar-refractivity contribution in [3.8, 4) is 0 Å². The van der Waals surface area contributed by atoms with Gasteiger partial charge in [-0.05, 0) is 51.5 Å². The van der Waals surface area contributed by atoms with Crippen LogP contribution >= 0.6 is 0 Å². The van der Waals surface area contributed by atoms with Gasteiger partial charge in [-0.3, -0.25) is 4.99 Å². The van der Waals surface area contributed by atoms with Crippen LogP contribution in [-0.2, 0) is 16.3 Å². The maximum Gasteiger partial charge on any atom is 0.193 e. The second kappa shape index (κ2) is 8.89. The minimum Gasteiger partial charge on any atom is -0.355 e. The number of aliphatic imine (C=N–C) groups is 1. The predicted molar refractivity (Wildman–Crippen MR) is 109 cm³/mol. The highest BCUT2D eigenvalue weighted by Gasteiger charge is 2.28. The van der Waals surface area contributed by atoms with Crippen LogP contribution in [0.2, 0.25) is 0 Å². The van der Waals surface area contributed by atoms with Crippen molar-refractivity contribution in [3.63, 3.8) is 0 Å². The molecule has 1 saturated heterocycles. The summed E-state index contributed by atoms with van der Waals surface area (Å²) in [7, 11) is -1.35. The van der Waals surface area contributed by atoms with Crippen molar-refractivity contribution in [2.45, 2.75) is 44.8 Å². The van der Waals surface area contributed by atoms with Crippen LogP contribution in [-0.4, -0.2) is 56.5 Å². The van der Waals surface area contributed by atoms with E-state index in [1.165, 1.54) is 5.56 Å². The molecule has 1 heterocycles. The van der Waals surface area contributed by atoms with E-state index in [9.17, 15) is 8.42 Å². The molecule has 1 aromatic carbocycles. The van der Waals surface area contributed by atoms with E-state index in [-0.39, 0.29) is 5.75 Å². The van der Waals surface area contributed by atoms with Gasteiger partial charge >= 0.3 is 0 Å². The minimum atomic E-state index is -3.11. The number of guanidine groups is 1. The van der Waals surface area contributed by atoms with Gasteiger partial charge in [0.05, 0.1) is 10.5 Å². The summed E-state index contributed by atoms with van der Waals surface area (Å²) in [6, 6.07) is 10.6. The quantitative estimate of drug-likeness (QED) is 0.631. The van der Waals surface area contributed by atoms with Gasteiger partial charge in [0.1, 0.15) is 0 Å². The summed E-state index contributed by atoms with van der Waals surface area (Å²) in [6.45, 7) is 7.56. The molecule has 1 N–H and O–H groups in total. The third-order valence-corrected chi connectivity index (χ3v) is 7.69. The maximum absolute atomic E-state index is 12.2. The van der Waals surface area contributed by atoms with Crippen molar-refractivity contribution in [2.75, 3.05) is 32.4 Å². The lowest BCUT2D eigenvalue weighted by Gasteiger charge is -2.34. The normalized spacial score (nSPS) is 17.4. The van der Waals surface area contributed by atoms with E-state index in [2.05, 4.69) is 45.5 Å². The fourth-order valence-corrected chi connectivity index (χ4v) is 4.22. The molecule has 0 atom stereocenters. The van der Waals surface area contributed by atoms with Crippen LogP contribution < -0.4 is 5.32 Å². The van der Waals surface area contributed by atoms with E-state index in [1.807, 2.05) is 0 Å². The Balaban J connectivity index is 1.80. The Morgan fingerprint density at radius 3 is 2.35 bits per heavy atom. The van der Waals surface area contributed by atoms with E-state index in [0.29, 0.717) is 12.5 Å². The summed E-state index contributed by atoms with van der Waals surface area (Å²) >= 11 is 0. The minimum absolute atomic E-state index is 0.125. The molecule has 1 aliphatic rings. The third-order valence-electron chi connectivity index (χ3n) is 5.08. The third kappa shape index (κ3) is 5.73. The molecule has 6 heteroatoms. The summed E-state index contributed by atoms with van der Waals surface area (Å²) < 4.78 is 23.7. The first-order chi connectivity index (χ1) is 12.2. The standard InChI is InChI=1S/C20H33N3O2S/c1-20(2,3)26(24,25)15-12-22-19(21-4)23-13-10-18(11-14-23)16-17-8-6-5-7-9-17/h5-9,18H,10-16H2,1-4H3,(H,21,22). The number of likely N-dealkylation sites (tertiary alicyclic amines) is 1. The highest BCUT2D eigenvalue weighted by Crippen LogP contribution is 2.21. The zero-order chi connectivity index (χ0) is 19.2. The number of hydrogen-bond donors (Lipinski definition) is 1. The van der Waals surface area contributed by atoms with Crippen LogP contribution in [0.25, 0.3) is 0 Å². The van der Waals surface area contributed by atoms with E-state index in [4.69, 9.17) is 0 Å². The fraction of sp³-hybridized carbons (Fsp3) is 0.650. The Hall–Kier alpha value is -1.56. The van der Waals surface area contributed by atoms with Crippen LogP contribution in [0.3, 0.4) is 0 Å². The van der Waals surface area contributed by atoms with Gasteiger partial charge in [-0.15, -0.1) is 0 Å². The first kappa shape index (κ1) is 20.7. The van der Waals surface area contributed by atoms with Gasteiger partial charge < -0.3 is 10.2 Å². The Morgan fingerprint density at radius 2 is 1.81 bits per heavy atom. The number of sulfone groups is 1. The average molecular weight is 380 g/mol. The second-order valence-electron chi connectivity index (χ2n) is 8.03. The number of rotatable bonds is 5. The molecule has 0 unspecified atom stereocenters. The molecule has 0 radical (unpaired) electrons. The van der Waals surface area contributed by atoms with Gasteiger partial charge in [-0.2, -0.15) is 0 Å². The number of piperidine rings is 1. The van der Waals surface area contributed by atoms with Crippen molar-refractivity contribution < 1.29 is 8.42 Å². The topological polar surface area (TPSA) is 61.8 Å². The SMILES string of the molecule is CN=C(NCCS(=O)(=O)C(C)(C)C)N1CCC(Cc2ccccc2)CC1. The van der Waals surface area contributed by atoms with E-state index in [0.717, 1.165) is 38.3 Å². The summed E-state index contributed by atoms with van der Waals surface area (Å²) in [6.07, 6.45) is 3.40. The molecule has 2 rings (SSSR count).